The standard InChI is InChI=1S/C15H19N5O4/c1-9-4-11(18-17-9)5-10-6-20(7-12(10)21)14(23)8-19-3-2-13(22)16-15(19)24/h2-4,10,12,21H,5-8H2,1H3,(H,17,18)(H,16,22,24)/t10-,12-/m1/s1. The fourth-order valence-corrected chi connectivity index (χ4v) is 2.92. The zero-order chi connectivity index (χ0) is 17.3. The van der Waals surface area contributed by atoms with Crippen molar-refractivity contribution in [2.45, 2.75) is 26.0 Å². The lowest BCUT2D eigenvalue weighted by Gasteiger charge is -2.16. The highest BCUT2D eigenvalue weighted by Gasteiger charge is 2.34. The zero-order valence-corrected chi connectivity index (χ0v) is 13.2. The van der Waals surface area contributed by atoms with Crippen molar-refractivity contribution in [1.82, 2.24) is 24.6 Å². The Morgan fingerprint density at radius 2 is 2.21 bits per heavy atom. The monoisotopic (exact) mass is 333 g/mol. The molecule has 24 heavy (non-hydrogen) atoms. The number of aliphatic hydroxyl groups excluding tert-OH is 1. The molecule has 2 aromatic heterocycles. The summed E-state index contributed by atoms with van der Waals surface area (Å²) in [5, 5.41) is 17.2. The summed E-state index contributed by atoms with van der Waals surface area (Å²) in [5.41, 5.74) is 0.666. The molecule has 1 aliphatic heterocycles. The Labute approximate surface area is 136 Å². The third-order valence-electron chi connectivity index (χ3n) is 4.19. The molecule has 2 aromatic rings. The number of nitrogens with zero attached hydrogens (tertiary/aromatic N) is 3. The number of hydrogen-bond donors (Lipinski definition) is 3. The predicted molar refractivity (Wildman–Crippen MR) is 84.4 cm³/mol. The quantitative estimate of drug-likeness (QED) is 0.637. The molecular weight excluding hydrogens is 314 g/mol. The normalized spacial score (nSPS) is 20.5. The Balaban J connectivity index is 1.64. The van der Waals surface area contributed by atoms with Crippen molar-refractivity contribution in [1.29, 1.82) is 0 Å². The Bertz CT molecular complexity index is 852. The number of H-pyrrole nitrogens is 2. The topological polar surface area (TPSA) is 124 Å². The molecule has 1 amide bonds. The zero-order valence-electron chi connectivity index (χ0n) is 13.2. The van der Waals surface area contributed by atoms with Crippen LogP contribution in [-0.4, -0.2) is 54.9 Å². The molecule has 1 aliphatic rings. The SMILES string of the molecule is Cc1cc(C[C@@H]2CN(C(=O)Cn3ccc(=O)[nH]c3=O)C[C@H]2O)n[nH]1. The molecule has 3 heterocycles. The summed E-state index contributed by atoms with van der Waals surface area (Å²) < 4.78 is 1.14. The second-order valence-corrected chi connectivity index (χ2v) is 6.11. The first-order valence-corrected chi connectivity index (χ1v) is 7.69. The summed E-state index contributed by atoms with van der Waals surface area (Å²) in [6.07, 6.45) is 1.24. The van der Waals surface area contributed by atoms with E-state index in [1.807, 2.05) is 13.0 Å². The van der Waals surface area contributed by atoms with Gasteiger partial charge < -0.3 is 10.0 Å². The largest absolute Gasteiger partial charge is 0.391 e. The third-order valence-corrected chi connectivity index (χ3v) is 4.19. The minimum absolute atomic E-state index is 0.0936. The highest BCUT2D eigenvalue weighted by atomic mass is 16.3. The van der Waals surface area contributed by atoms with Gasteiger partial charge in [-0.25, -0.2) is 4.79 Å². The van der Waals surface area contributed by atoms with Gasteiger partial charge >= 0.3 is 5.69 Å². The minimum Gasteiger partial charge on any atom is -0.391 e. The van der Waals surface area contributed by atoms with Crippen LogP contribution >= 0.6 is 0 Å². The molecule has 128 valence electrons. The fourth-order valence-electron chi connectivity index (χ4n) is 2.92. The minimum atomic E-state index is -0.627. The Morgan fingerprint density at radius 1 is 1.42 bits per heavy atom. The number of carbonyl (C=O) groups is 1. The molecular formula is C15H19N5O4. The van der Waals surface area contributed by atoms with E-state index in [0.29, 0.717) is 13.0 Å². The van der Waals surface area contributed by atoms with Crippen LogP contribution in [0.15, 0.2) is 27.9 Å². The fraction of sp³-hybridized carbons (Fsp3) is 0.467. The summed E-state index contributed by atoms with van der Waals surface area (Å²) in [7, 11) is 0. The van der Waals surface area contributed by atoms with Gasteiger partial charge in [-0.15, -0.1) is 0 Å². The molecule has 0 bridgehead atoms. The van der Waals surface area contributed by atoms with E-state index in [1.165, 1.54) is 17.2 Å². The maximum Gasteiger partial charge on any atom is 0.328 e. The number of likely N-dealkylation sites (tertiary alicyclic amines) is 1. The van der Waals surface area contributed by atoms with Crippen LogP contribution in [0.4, 0.5) is 0 Å². The second kappa shape index (κ2) is 6.44. The molecule has 9 heteroatoms. The molecule has 9 nitrogen and oxygen atoms in total. The van der Waals surface area contributed by atoms with Crippen LogP contribution in [-0.2, 0) is 17.8 Å². The Hall–Kier alpha value is -2.68. The highest BCUT2D eigenvalue weighted by Crippen LogP contribution is 2.21. The van der Waals surface area contributed by atoms with Crippen LogP contribution < -0.4 is 11.2 Å². The molecule has 1 saturated heterocycles. The summed E-state index contributed by atoms with van der Waals surface area (Å²) in [5.74, 6) is -0.368. The Kier molecular flexibility index (Phi) is 4.34. The van der Waals surface area contributed by atoms with E-state index < -0.39 is 17.4 Å². The lowest BCUT2D eigenvalue weighted by molar-refractivity contribution is -0.131. The first-order valence-electron chi connectivity index (χ1n) is 7.69. The summed E-state index contributed by atoms with van der Waals surface area (Å²) >= 11 is 0. The van der Waals surface area contributed by atoms with Crippen LogP contribution in [0, 0.1) is 12.8 Å². The van der Waals surface area contributed by atoms with Gasteiger partial charge in [0.15, 0.2) is 0 Å². The first-order chi connectivity index (χ1) is 11.4. The van der Waals surface area contributed by atoms with Gasteiger partial charge in [0.1, 0.15) is 6.54 Å². The molecule has 0 spiro atoms. The maximum absolute atomic E-state index is 12.3. The number of nitrogens with one attached hydrogen (secondary N) is 2. The number of aryl methyl sites for hydroxylation is 1. The molecule has 3 rings (SSSR count). The molecule has 0 aliphatic carbocycles. The number of rotatable bonds is 4. The van der Waals surface area contributed by atoms with Gasteiger partial charge in [-0.1, -0.05) is 0 Å². The van der Waals surface area contributed by atoms with Gasteiger partial charge in [0.25, 0.3) is 5.56 Å². The van der Waals surface area contributed by atoms with Crippen LogP contribution in [0.1, 0.15) is 11.4 Å². The van der Waals surface area contributed by atoms with E-state index in [-0.39, 0.29) is 24.9 Å². The molecule has 2 atom stereocenters. The summed E-state index contributed by atoms with van der Waals surface area (Å²) in [6, 6.07) is 3.10. The number of hydrogen-bond acceptors (Lipinski definition) is 5. The molecule has 0 unspecified atom stereocenters. The van der Waals surface area contributed by atoms with Gasteiger partial charge in [-0.3, -0.25) is 24.2 Å². The van der Waals surface area contributed by atoms with Gasteiger partial charge in [0, 0.05) is 37.0 Å². The smallest absolute Gasteiger partial charge is 0.328 e. The number of amides is 1. The van der Waals surface area contributed by atoms with E-state index >= 15 is 0 Å². The summed E-state index contributed by atoms with van der Waals surface area (Å²) in [4.78, 5) is 38.7. The van der Waals surface area contributed by atoms with Crippen LogP contribution in [0.2, 0.25) is 0 Å². The molecule has 0 saturated carbocycles. The highest BCUT2D eigenvalue weighted by molar-refractivity contribution is 5.76. The van der Waals surface area contributed by atoms with Crippen molar-refractivity contribution < 1.29 is 9.90 Å². The third kappa shape index (κ3) is 3.46. The van der Waals surface area contributed by atoms with E-state index in [0.717, 1.165) is 16.0 Å². The lowest BCUT2D eigenvalue weighted by atomic mass is 10.0. The van der Waals surface area contributed by atoms with Crippen LogP contribution in [0.5, 0.6) is 0 Å². The van der Waals surface area contributed by atoms with E-state index in [4.69, 9.17) is 0 Å². The average molecular weight is 333 g/mol. The average Bonchev–Trinajstić information content (AvgIpc) is 3.09. The number of β-amino-alcohol motifs (C(OH)–C–C–N with tert-alkyl or cyclic N) is 1. The molecule has 3 N–H and O–H groups in total. The number of carbonyl (C=O) groups excluding carboxylic acids is 1. The maximum atomic E-state index is 12.3. The van der Waals surface area contributed by atoms with Crippen molar-refractivity contribution in [2.24, 2.45) is 5.92 Å². The number of aliphatic hydroxyl groups is 1. The predicted octanol–water partition coefficient (Wildman–Crippen LogP) is -1.37. The molecule has 1 fully saturated rings. The van der Waals surface area contributed by atoms with Crippen molar-refractivity contribution in [3.8, 4) is 0 Å². The molecule has 0 aromatic carbocycles. The van der Waals surface area contributed by atoms with Crippen LogP contribution in [0.3, 0.4) is 0 Å². The lowest BCUT2D eigenvalue weighted by Crippen LogP contribution is -2.37. The van der Waals surface area contributed by atoms with Gasteiger partial charge in [0.2, 0.25) is 5.91 Å². The van der Waals surface area contributed by atoms with E-state index in [1.54, 1.807) is 0 Å². The molecule has 0 radical (unpaired) electrons. The van der Waals surface area contributed by atoms with Crippen molar-refractivity contribution in [3.63, 3.8) is 0 Å². The number of aromatic amines is 2. The van der Waals surface area contributed by atoms with Gasteiger partial charge in [-0.2, -0.15) is 5.10 Å². The van der Waals surface area contributed by atoms with Gasteiger partial charge in [-0.05, 0) is 19.4 Å². The summed E-state index contributed by atoms with van der Waals surface area (Å²) in [6.45, 7) is 2.37. The van der Waals surface area contributed by atoms with E-state index in [9.17, 15) is 19.5 Å². The van der Waals surface area contributed by atoms with E-state index in [2.05, 4.69) is 15.2 Å². The second-order valence-electron chi connectivity index (χ2n) is 6.11. The van der Waals surface area contributed by atoms with Crippen LogP contribution in [0.25, 0.3) is 0 Å². The van der Waals surface area contributed by atoms with Crippen molar-refractivity contribution in [3.05, 3.63) is 50.6 Å². The van der Waals surface area contributed by atoms with Crippen molar-refractivity contribution >= 4 is 5.91 Å². The first kappa shape index (κ1) is 16.2. The Morgan fingerprint density at radius 3 is 2.88 bits per heavy atom. The number of aromatic nitrogens is 4. The van der Waals surface area contributed by atoms with Crippen molar-refractivity contribution in [2.75, 3.05) is 13.1 Å². The van der Waals surface area contributed by atoms with Gasteiger partial charge in [0.05, 0.1) is 11.8 Å².